The van der Waals surface area contributed by atoms with Gasteiger partial charge in [0.15, 0.2) is 0 Å². The van der Waals surface area contributed by atoms with E-state index in [2.05, 4.69) is 24.9 Å². The molecule has 1 aromatic rings. The number of carbonyl (C=O) groups is 1. The zero-order valence-corrected chi connectivity index (χ0v) is 11.4. The van der Waals surface area contributed by atoms with Gasteiger partial charge in [0.05, 0.1) is 12.7 Å². The minimum absolute atomic E-state index is 0.177. The topological polar surface area (TPSA) is 29.5 Å². The summed E-state index contributed by atoms with van der Waals surface area (Å²) in [5, 5.41) is 0. The number of esters is 1. The van der Waals surface area contributed by atoms with Crippen molar-refractivity contribution in [1.29, 1.82) is 0 Å². The van der Waals surface area contributed by atoms with Gasteiger partial charge in [-0.2, -0.15) is 0 Å². The molecule has 0 amide bonds. The fourth-order valence-corrected chi connectivity index (χ4v) is 2.54. The molecule has 2 rings (SSSR count). The van der Waals surface area contributed by atoms with Gasteiger partial charge < -0.3 is 9.64 Å². The number of hydrogen-bond donors (Lipinski definition) is 0. The van der Waals surface area contributed by atoms with Crippen molar-refractivity contribution in [2.24, 2.45) is 0 Å². The summed E-state index contributed by atoms with van der Waals surface area (Å²) >= 11 is 0. The summed E-state index contributed by atoms with van der Waals surface area (Å²) in [5.74, 6) is -0.256. The molecule has 0 unspecified atom stereocenters. The van der Waals surface area contributed by atoms with Crippen LogP contribution in [0.3, 0.4) is 0 Å². The predicted molar refractivity (Wildman–Crippen MR) is 71.9 cm³/mol. The zero-order chi connectivity index (χ0) is 13.2. The molecule has 1 heterocycles. The van der Waals surface area contributed by atoms with E-state index < -0.39 is 0 Å². The van der Waals surface area contributed by atoms with Crippen molar-refractivity contribution < 1.29 is 9.53 Å². The Hall–Kier alpha value is -1.35. The lowest BCUT2D eigenvalue weighted by atomic mass is 9.74. The molecule has 1 aromatic carbocycles. The Morgan fingerprint density at radius 1 is 1.33 bits per heavy atom. The second-order valence-electron chi connectivity index (χ2n) is 5.44. The first-order valence-electron chi connectivity index (χ1n) is 6.42. The molecule has 0 atom stereocenters. The molecule has 98 valence electrons. The van der Waals surface area contributed by atoms with Gasteiger partial charge >= 0.3 is 5.97 Å². The first-order valence-corrected chi connectivity index (χ1v) is 6.42. The minimum Gasteiger partial charge on any atom is -0.465 e. The van der Waals surface area contributed by atoms with Crippen LogP contribution in [0.5, 0.6) is 0 Å². The molecule has 0 N–H and O–H groups in total. The smallest absolute Gasteiger partial charge is 0.337 e. The SMILES string of the molecule is COC(=O)c1cccc(C2(C)CCN(C)CC2)c1. The van der Waals surface area contributed by atoms with Gasteiger partial charge in [0, 0.05) is 0 Å². The van der Waals surface area contributed by atoms with Crippen LogP contribution in [0.15, 0.2) is 24.3 Å². The molecule has 0 aliphatic carbocycles. The van der Waals surface area contributed by atoms with Gasteiger partial charge in [-0.05, 0) is 56.1 Å². The number of benzene rings is 1. The summed E-state index contributed by atoms with van der Waals surface area (Å²) in [4.78, 5) is 13.9. The number of hydrogen-bond acceptors (Lipinski definition) is 3. The number of nitrogens with zero attached hydrogens (tertiary/aromatic N) is 1. The van der Waals surface area contributed by atoms with Crippen LogP contribution in [0, 0.1) is 0 Å². The van der Waals surface area contributed by atoms with E-state index in [1.165, 1.54) is 12.7 Å². The zero-order valence-electron chi connectivity index (χ0n) is 11.4. The quantitative estimate of drug-likeness (QED) is 0.752. The first kappa shape index (κ1) is 13.1. The van der Waals surface area contributed by atoms with Crippen molar-refractivity contribution in [2.45, 2.75) is 25.2 Å². The molecule has 0 spiro atoms. The van der Waals surface area contributed by atoms with Crippen LogP contribution >= 0.6 is 0 Å². The number of ether oxygens (including phenoxy) is 1. The molecule has 1 aliphatic heterocycles. The maximum Gasteiger partial charge on any atom is 0.337 e. The molecule has 1 saturated heterocycles. The molecule has 1 fully saturated rings. The molecular weight excluding hydrogens is 226 g/mol. The number of methoxy groups -OCH3 is 1. The van der Waals surface area contributed by atoms with Gasteiger partial charge in [-0.1, -0.05) is 19.1 Å². The van der Waals surface area contributed by atoms with E-state index in [1.54, 1.807) is 0 Å². The van der Waals surface area contributed by atoms with Crippen molar-refractivity contribution in [2.75, 3.05) is 27.2 Å². The molecule has 0 aromatic heterocycles. The second kappa shape index (κ2) is 5.11. The molecule has 0 bridgehead atoms. The third kappa shape index (κ3) is 2.56. The Labute approximate surface area is 109 Å². The maximum atomic E-state index is 11.6. The monoisotopic (exact) mass is 247 g/mol. The van der Waals surface area contributed by atoms with E-state index in [1.807, 2.05) is 18.2 Å². The molecule has 1 aliphatic rings. The molecular formula is C15H21NO2. The Bertz CT molecular complexity index is 434. The lowest BCUT2D eigenvalue weighted by Crippen LogP contribution is -2.38. The number of carbonyl (C=O) groups excluding carboxylic acids is 1. The maximum absolute atomic E-state index is 11.6. The third-order valence-corrected chi connectivity index (χ3v) is 4.07. The highest BCUT2D eigenvalue weighted by atomic mass is 16.5. The van der Waals surface area contributed by atoms with Gasteiger partial charge in [0.25, 0.3) is 0 Å². The number of piperidine rings is 1. The van der Waals surface area contributed by atoms with Gasteiger partial charge in [-0.25, -0.2) is 4.79 Å². The van der Waals surface area contributed by atoms with E-state index in [0.29, 0.717) is 5.56 Å². The van der Waals surface area contributed by atoms with Crippen molar-refractivity contribution in [3.8, 4) is 0 Å². The largest absolute Gasteiger partial charge is 0.465 e. The van der Waals surface area contributed by atoms with E-state index in [4.69, 9.17) is 4.74 Å². The standard InChI is InChI=1S/C15H21NO2/c1-15(7-9-16(2)10-8-15)13-6-4-5-12(11-13)14(17)18-3/h4-6,11H,7-10H2,1-3H3. The summed E-state index contributed by atoms with van der Waals surface area (Å²) < 4.78 is 4.78. The van der Waals surface area contributed by atoms with Crippen molar-refractivity contribution in [3.63, 3.8) is 0 Å². The summed E-state index contributed by atoms with van der Waals surface area (Å²) in [6, 6.07) is 7.87. The van der Waals surface area contributed by atoms with Crippen molar-refractivity contribution >= 4 is 5.97 Å². The molecule has 18 heavy (non-hydrogen) atoms. The average molecular weight is 247 g/mol. The van der Waals surface area contributed by atoms with Crippen LogP contribution in [0.25, 0.3) is 0 Å². The highest BCUT2D eigenvalue weighted by molar-refractivity contribution is 5.89. The van der Waals surface area contributed by atoms with Crippen LogP contribution in [0.4, 0.5) is 0 Å². The van der Waals surface area contributed by atoms with Crippen LogP contribution in [0.2, 0.25) is 0 Å². The predicted octanol–water partition coefficient (Wildman–Crippen LogP) is 2.46. The van der Waals surface area contributed by atoms with Crippen LogP contribution in [0.1, 0.15) is 35.7 Å². The second-order valence-corrected chi connectivity index (χ2v) is 5.44. The van der Waals surface area contributed by atoms with Gasteiger partial charge in [-0.3, -0.25) is 0 Å². The molecule has 0 radical (unpaired) electrons. The lowest BCUT2D eigenvalue weighted by Gasteiger charge is -2.38. The Kier molecular flexibility index (Phi) is 3.71. The van der Waals surface area contributed by atoms with E-state index >= 15 is 0 Å². The number of likely N-dealkylation sites (tertiary alicyclic amines) is 1. The van der Waals surface area contributed by atoms with E-state index in [9.17, 15) is 4.79 Å². The summed E-state index contributed by atoms with van der Waals surface area (Å²) in [5.41, 5.74) is 2.07. The average Bonchev–Trinajstić information content (AvgIpc) is 2.41. The number of rotatable bonds is 2. The van der Waals surface area contributed by atoms with Crippen LogP contribution in [-0.2, 0) is 10.2 Å². The van der Waals surface area contributed by atoms with Crippen molar-refractivity contribution in [1.82, 2.24) is 4.90 Å². The Balaban J connectivity index is 2.25. The first-order chi connectivity index (χ1) is 8.55. The summed E-state index contributed by atoms with van der Waals surface area (Å²) in [7, 11) is 3.58. The lowest BCUT2D eigenvalue weighted by molar-refractivity contribution is 0.0600. The van der Waals surface area contributed by atoms with Crippen LogP contribution < -0.4 is 0 Å². The minimum atomic E-state index is -0.256. The Morgan fingerprint density at radius 2 is 2.00 bits per heavy atom. The van der Waals surface area contributed by atoms with Gasteiger partial charge in [-0.15, -0.1) is 0 Å². The highest BCUT2D eigenvalue weighted by Crippen LogP contribution is 2.34. The summed E-state index contributed by atoms with van der Waals surface area (Å²) in [6.07, 6.45) is 2.27. The third-order valence-electron chi connectivity index (χ3n) is 4.07. The highest BCUT2D eigenvalue weighted by Gasteiger charge is 2.30. The molecule has 3 nitrogen and oxygen atoms in total. The van der Waals surface area contributed by atoms with Crippen LogP contribution in [-0.4, -0.2) is 38.1 Å². The normalized spacial score (nSPS) is 19.5. The van der Waals surface area contributed by atoms with Crippen molar-refractivity contribution in [3.05, 3.63) is 35.4 Å². The molecule has 3 heteroatoms. The Morgan fingerprint density at radius 3 is 2.61 bits per heavy atom. The fraction of sp³-hybridized carbons (Fsp3) is 0.533. The fourth-order valence-electron chi connectivity index (χ4n) is 2.54. The van der Waals surface area contributed by atoms with E-state index in [0.717, 1.165) is 25.9 Å². The van der Waals surface area contributed by atoms with Gasteiger partial charge in [0.2, 0.25) is 0 Å². The van der Waals surface area contributed by atoms with Gasteiger partial charge in [0.1, 0.15) is 0 Å². The summed E-state index contributed by atoms with van der Waals surface area (Å²) in [6.45, 7) is 4.51. The molecule has 0 saturated carbocycles. The van der Waals surface area contributed by atoms with E-state index in [-0.39, 0.29) is 11.4 Å².